The highest BCUT2D eigenvalue weighted by Crippen LogP contribution is 2.44. The van der Waals surface area contributed by atoms with Crippen LogP contribution >= 0.6 is 0 Å². The van der Waals surface area contributed by atoms with E-state index < -0.39 is 5.60 Å². The summed E-state index contributed by atoms with van der Waals surface area (Å²) >= 11 is 0. The molecule has 0 bridgehead atoms. The highest BCUT2D eigenvalue weighted by atomic mass is 16.5. The van der Waals surface area contributed by atoms with E-state index in [1.54, 1.807) is 7.11 Å². The average molecular weight is 294 g/mol. The topological polar surface area (TPSA) is 35.5 Å². The first-order valence-electron chi connectivity index (χ1n) is 8.93. The Morgan fingerprint density at radius 3 is 2.24 bits per heavy atom. The highest BCUT2D eigenvalue weighted by Gasteiger charge is 2.47. The quantitative estimate of drug-likeness (QED) is 0.737. The smallest absolute Gasteiger partial charge is 0.167 e. The van der Waals surface area contributed by atoms with Gasteiger partial charge in [0, 0.05) is 19.6 Å². The third kappa shape index (κ3) is 3.05. The summed E-state index contributed by atoms with van der Waals surface area (Å²) < 4.78 is 11.9. The van der Waals surface area contributed by atoms with E-state index in [-0.39, 0.29) is 11.5 Å². The van der Waals surface area contributed by atoms with Crippen molar-refractivity contribution in [2.75, 3.05) is 13.7 Å². The van der Waals surface area contributed by atoms with Crippen molar-refractivity contribution in [3.63, 3.8) is 0 Å². The van der Waals surface area contributed by atoms with Gasteiger partial charge in [0.2, 0.25) is 0 Å². The van der Waals surface area contributed by atoms with Crippen molar-refractivity contribution >= 4 is 5.78 Å². The lowest BCUT2D eigenvalue weighted by Crippen LogP contribution is -2.49. The number of methoxy groups -OCH3 is 1. The van der Waals surface area contributed by atoms with Crippen molar-refractivity contribution in [3.05, 3.63) is 0 Å². The second-order valence-electron chi connectivity index (χ2n) is 7.41. The minimum Gasteiger partial charge on any atom is -0.375 e. The fraction of sp³-hybridized carbons (Fsp3) is 0.944. The zero-order valence-corrected chi connectivity index (χ0v) is 13.5. The van der Waals surface area contributed by atoms with Crippen molar-refractivity contribution in [3.8, 4) is 0 Å². The van der Waals surface area contributed by atoms with Crippen molar-refractivity contribution in [1.82, 2.24) is 0 Å². The van der Waals surface area contributed by atoms with Crippen LogP contribution in [0.1, 0.15) is 77.0 Å². The lowest BCUT2D eigenvalue weighted by atomic mass is 9.75. The summed E-state index contributed by atoms with van der Waals surface area (Å²) in [5.41, 5.74) is -0.462. The Kier molecular flexibility index (Phi) is 4.70. The SMILES string of the molecule is COC1(C(=O)C2CCOC3(CCCC3)C2)CCCCCC1. The van der Waals surface area contributed by atoms with Crippen LogP contribution in [0.5, 0.6) is 0 Å². The second kappa shape index (κ2) is 6.37. The average Bonchev–Trinajstić information content (AvgIpc) is 2.82. The fourth-order valence-electron chi connectivity index (χ4n) is 4.84. The number of hydrogen-bond acceptors (Lipinski definition) is 3. The molecule has 3 nitrogen and oxygen atoms in total. The number of hydrogen-bond donors (Lipinski definition) is 0. The molecule has 1 atom stereocenters. The number of Topliss-reactive ketones (excluding diaryl/α,β-unsaturated/α-hetero) is 1. The Morgan fingerprint density at radius 1 is 1.00 bits per heavy atom. The maximum Gasteiger partial charge on any atom is 0.167 e. The van der Waals surface area contributed by atoms with Crippen LogP contribution in [-0.2, 0) is 14.3 Å². The maximum absolute atomic E-state index is 13.2. The summed E-state index contributed by atoms with van der Waals surface area (Å²) in [5.74, 6) is 0.552. The normalized spacial score (nSPS) is 32.0. The lowest BCUT2D eigenvalue weighted by Gasteiger charge is -2.41. The van der Waals surface area contributed by atoms with Gasteiger partial charge >= 0.3 is 0 Å². The van der Waals surface area contributed by atoms with E-state index in [2.05, 4.69) is 0 Å². The van der Waals surface area contributed by atoms with Gasteiger partial charge in [-0.1, -0.05) is 38.5 Å². The molecule has 0 aromatic carbocycles. The van der Waals surface area contributed by atoms with E-state index in [1.807, 2.05) is 0 Å². The van der Waals surface area contributed by atoms with Gasteiger partial charge in [0.15, 0.2) is 5.78 Å². The number of ether oxygens (including phenoxy) is 2. The molecular weight excluding hydrogens is 264 g/mol. The molecule has 1 spiro atoms. The van der Waals surface area contributed by atoms with Crippen LogP contribution in [-0.4, -0.2) is 30.7 Å². The molecule has 1 saturated heterocycles. The first-order valence-corrected chi connectivity index (χ1v) is 8.93. The number of carbonyl (C=O) groups is 1. The summed E-state index contributed by atoms with van der Waals surface area (Å²) in [6, 6.07) is 0. The first kappa shape index (κ1) is 15.5. The summed E-state index contributed by atoms with van der Waals surface area (Å²) in [5, 5.41) is 0. The third-order valence-corrected chi connectivity index (χ3v) is 6.13. The lowest BCUT2D eigenvalue weighted by molar-refractivity contribution is -0.158. The van der Waals surface area contributed by atoms with E-state index in [4.69, 9.17) is 9.47 Å². The Hall–Kier alpha value is -0.410. The summed E-state index contributed by atoms with van der Waals surface area (Å²) in [6.07, 6.45) is 13.3. The van der Waals surface area contributed by atoms with Crippen LogP contribution in [0.15, 0.2) is 0 Å². The number of carbonyl (C=O) groups excluding carboxylic acids is 1. The molecular formula is C18H30O3. The Labute approximate surface area is 128 Å². The second-order valence-corrected chi connectivity index (χ2v) is 7.41. The van der Waals surface area contributed by atoms with Crippen LogP contribution in [0.25, 0.3) is 0 Å². The number of ketones is 1. The predicted octanol–water partition coefficient (Wildman–Crippen LogP) is 4.03. The third-order valence-electron chi connectivity index (χ3n) is 6.13. The van der Waals surface area contributed by atoms with E-state index in [0.29, 0.717) is 5.78 Å². The van der Waals surface area contributed by atoms with E-state index in [1.165, 1.54) is 25.7 Å². The van der Waals surface area contributed by atoms with Gasteiger partial charge in [-0.25, -0.2) is 0 Å². The van der Waals surface area contributed by atoms with Crippen LogP contribution in [0.4, 0.5) is 0 Å². The van der Waals surface area contributed by atoms with Gasteiger partial charge in [-0.2, -0.15) is 0 Å². The molecule has 0 radical (unpaired) electrons. The summed E-state index contributed by atoms with van der Waals surface area (Å²) in [6.45, 7) is 0.760. The molecule has 1 aliphatic heterocycles. The van der Waals surface area contributed by atoms with E-state index >= 15 is 0 Å². The molecule has 0 amide bonds. The minimum absolute atomic E-state index is 0.0260. The molecule has 1 unspecified atom stereocenters. The van der Waals surface area contributed by atoms with Crippen LogP contribution in [0, 0.1) is 5.92 Å². The molecule has 3 rings (SSSR count). The summed E-state index contributed by atoms with van der Waals surface area (Å²) in [4.78, 5) is 13.2. The van der Waals surface area contributed by atoms with E-state index in [0.717, 1.165) is 58.0 Å². The fourth-order valence-corrected chi connectivity index (χ4v) is 4.84. The molecule has 3 aliphatic rings. The molecule has 3 heteroatoms. The molecule has 0 aromatic rings. The van der Waals surface area contributed by atoms with Gasteiger partial charge in [-0.15, -0.1) is 0 Å². The highest BCUT2D eigenvalue weighted by molar-refractivity contribution is 5.89. The van der Waals surface area contributed by atoms with Crippen LogP contribution in [0.3, 0.4) is 0 Å². The van der Waals surface area contributed by atoms with Crippen LogP contribution < -0.4 is 0 Å². The van der Waals surface area contributed by atoms with E-state index in [9.17, 15) is 4.79 Å². The van der Waals surface area contributed by atoms with Gasteiger partial charge in [0.05, 0.1) is 5.60 Å². The zero-order valence-electron chi connectivity index (χ0n) is 13.5. The minimum atomic E-state index is -0.488. The monoisotopic (exact) mass is 294 g/mol. The standard InChI is InChI=1S/C18H30O3/c1-20-18(11-4-2-3-5-12-18)16(19)15-8-13-21-17(14-15)9-6-7-10-17/h15H,2-14H2,1H3. The van der Waals surface area contributed by atoms with Gasteiger partial charge in [-0.05, 0) is 38.5 Å². The van der Waals surface area contributed by atoms with Crippen molar-refractivity contribution in [2.24, 2.45) is 5.92 Å². The predicted molar refractivity (Wildman–Crippen MR) is 82.3 cm³/mol. The molecule has 2 saturated carbocycles. The Morgan fingerprint density at radius 2 is 1.62 bits per heavy atom. The molecule has 2 aliphatic carbocycles. The largest absolute Gasteiger partial charge is 0.375 e. The van der Waals surface area contributed by atoms with Crippen molar-refractivity contribution < 1.29 is 14.3 Å². The number of rotatable bonds is 3. The summed E-state index contributed by atoms with van der Waals surface area (Å²) in [7, 11) is 1.74. The maximum atomic E-state index is 13.2. The molecule has 0 N–H and O–H groups in total. The molecule has 21 heavy (non-hydrogen) atoms. The van der Waals surface area contributed by atoms with Crippen molar-refractivity contribution in [2.45, 2.75) is 88.3 Å². The molecule has 0 aromatic heterocycles. The van der Waals surface area contributed by atoms with Gasteiger partial charge in [0.25, 0.3) is 0 Å². The Balaban J connectivity index is 1.73. The van der Waals surface area contributed by atoms with Crippen LogP contribution in [0.2, 0.25) is 0 Å². The molecule has 3 fully saturated rings. The van der Waals surface area contributed by atoms with Gasteiger partial charge < -0.3 is 9.47 Å². The first-order chi connectivity index (χ1) is 10.2. The Bertz CT molecular complexity index is 363. The van der Waals surface area contributed by atoms with Crippen molar-refractivity contribution in [1.29, 1.82) is 0 Å². The van der Waals surface area contributed by atoms with Gasteiger partial charge in [0.1, 0.15) is 5.60 Å². The van der Waals surface area contributed by atoms with Gasteiger partial charge in [-0.3, -0.25) is 4.79 Å². The molecule has 120 valence electrons. The molecule has 1 heterocycles. The zero-order chi connectivity index (χ0) is 14.8.